The molecule has 2 amide bonds. The summed E-state index contributed by atoms with van der Waals surface area (Å²) in [5.74, 6) is -0.810. The molecule has 4 aromatic rings. The average molecular weight is 632 g/mol. The third-order valence-corrected chi connectivity index (χ3v) is 9.57. The lowest BCUT2D eigenvalue weighted by atomic mass is 10.0. The molecule has 0 bridgehead atoms. The Bertz CT molecular complexity index is 1660. The number of anilines is 1. The molecule has 0 saturated heterocycles. The Labute approximate surface area is 265 Å². The molecule has 0 aliphatic heterocycles. The van der Waals surface area contributed by atoms with E-state index in [4.69, 9.17) is 11.6 Å². The van der Waals surface area contributed by atoms with Crippen LogP contribution >= 0.6 is 11.6 Å². The topological polar surface area (TPSA) is 86.8 Å². The molecule has 1 N–H and O–H groups in total. The minimum Gasteiger partial charge on any atom is -0.354 e. The number of carbonyl (C=O) groups excluding carboxylic acids is 2. The number of hydrogen-bond acceptors (Lipinski definition) is 4. The first-order valence-electron chi connectivity index (χ1n) is 14.6. The van der Waals surface area contributed by atoms with Gasteiger partial charge in [-0.25, -0.2) is 8.42 Å². The van der Waals surface area contributed by atoms with Gasteiger partial charge in [0, 0.05) is 24.5 Å². The quantitative estimate of drug-likeness (QED) is 0.187. The molecular weight excluding hydrogens is 594 g/mol. The van der Waals surface area contributed by atoms with E-state index in [9.17, 15) is 18.0 Å². The Morgan fingerprint density at radius 1 is 0.818 bits per heavy atom. The van der Waals surface area contributed by atoms with E-state index in [-0.39, 0.29) is 23.8 Å². The second-order valence-electron chi connectivity index (χ2n) is 10.7. The molecule has 0 spiro atoms. The van der Waals surface area contributed by atoms with Crippen LogP contribution in [0.2, 0.25) is 5.02 Å². The molecule has 0 aliphatic rings. The lowest BCUT2D eigenvalue weighted by Gasteiger charge is -2.34. The fraction of sp³-hybridized carbons (Fsp3) is 0.257. The summed E-state index contributed by atoms with van der Waals surface area (Å²) in [4.78, 5) is 29.8. The normalized spacial score (nSPS) is 11.9. The molecule has 0 aromatic heterocycles. The van der Waals surface area contributed by atoms with Gasteiger partial charge >= 0.3 is 0 Å². The summed E-state index contributed by atoms with van der Waals surface area (Å²) in [6.07, 6.45) is 0.981. The highest BCUT2D eigenvalue weighted by atomic mass is 35.5. The van der Waals surface area contributed by atoms with Crippen molar-refractivity contribution >= 4 is 39.1 Å². The van der Waals surface area contributed by atoms with Crippen molar-refractivity contribution in [2.45, 2.75) is 51.1 Å². The summed E-state index contributed by atoms with van der Waals surface area (Å²) in [5, 5.41) is 3.50. The minimum atomic E-state index is -4.15. The van der Waals surface area contributed by atoms with Gasteiger partial charge in [0.2, 0.25) is 11.8 Å². The van der Waals surface area contributed by atoms with Gasteiger partial charge in [0.25, 0.3) is 10.0 Å². The highest BCUT2D eigenvalue weighted by molar-refractivity contribution is 7.92. The van der Waals surface area contributed by atoms with Crippen LogP contribution in [-0.4, -0.2) is 44.3 Å². The van der Waals surface area contributed by atoms with Crippen LogP contribution in [0.5, 0.6) is 0 Å². The lowest BCUT2D eigenvalue weighted by molar-refractivity contribution is -0.140. The summed E-state index contributed by atoms with van der Waals surface area (Å²) >= 11 is 6.14. The Morgan fingerprint density at radius 2 is 1.45 bits per heavy atom. The van der Waals surface area contributed by atoms with E-state index in [1.54, 1.807) is 54.6 Å². The highest BCUT2D eigenvalue weighted by Gasteiger charge is 2.35. The van der Waals surface area contributed by atoms with Gasteiger partial charge in [0.05, 0.1) is 10.6 Å². The molecule has 230 valence electrons. The fourth-order valence-electron chi connectivity index (χ4n) is 4.95. The number of nitrogens with one attached hydrogen (secondary N) is 1. The Kier molecular flexibility index (Phi) is 11.2. The van der Waals surface area contributed by atoms with Crippen LogP contribution in [0.4, 0.5) is 5.69 Å². The van der Waals surface area contributed by atoms with Crippen molar-refractivity contribution in [3.8, 4) is 0 Å². The molecule has 44 heavy (non-hydrogen) atoms. The van der Waals surface area contributed by atoms with E-state index < -0.39 is 28.5 Å². The summed E-state index contributed by atoms with van der Waals surface area (Å²) in [6.45, 7) is 5.73. The number of rotatable bonds is 13. The molecule has 0 unspecified atom stereocenters. The largest absolute Gasteiger partial charge is 0.354 e. The first-order chi connectivity index (χ1) is 21.1. The highest BCUT2D eigenvalue weighted by Crippen LogP contribution is 2.29. The van der Waals surface area contributed by atoms with Crippen molar-refractivity contribution in [1.82, 2.24) is 10.2 Å². The Hall–Kier alpha value is -4.14. The van der Waals surface area contributed by atoms with E-state index in [1.807, 2.05) is 57.2 Å². The van der Waals surface area contributed by atoms with E-state index in [0.29, 0.717) is 17.3 Å². The van der Waals surface area contributed by atoms with Crippen molar-refractivity contribution in [2.24, 2.45) is 0 Å². The number of sulfonamides is 1. The van der Waals surface area contributed by atoms with E-state index in [2.05, 4.69) is 5.32 Å². The molecule has 0 saturated carbocycles. The number of halogens is 1. The van der Waals surface area contributed by atoms with Gasteiger partial charge in [-0.3, -0.25) is 13.9 Å². The van der Waals surface area contributed by atoms with Crippen LogP contribution in [-0.2, 0) is 32.6 Å². The third-order valence-electron chi connectivity index (χ3n) is 7.54. The van der Waals surface area contributed by atoms with Gasteiger partial charge < -0.3 is 10.2 Å². The second kappa shape index (κ2) is 15.0. The lowest BCUT2D eigenvalue weighted by Crippen LogP contribution is -2.53. The molecule has 4 aromatic carbocycles. The zero-order valence-electron chi connectivity index (χ0n) is 25.2. The van der Waals surface area contributed by atoms with Crippen LogP contribution in [0.1, 0.15) is 35.6 Å². The number of hydrogen-bond donors (Lipinski definition) is 1. The van der Waals surface area contributed by atoms with Crippen molar-refractivity contribution < 1.29 is 18.0 Å². The predicted octanol–water partition coefficient (Wildman–Crippen LogP) is 6.32. The molecule has 0 fully saturated rings. The summed E-state index contributed by atoms with van der Waals surface area (Å²) < 4.78 is 29.5. The first kappa shape index (κ1) is 32.8. The summed E-state index contributed by atoms with van der Waals surface area (Å²) in [6, 6.07) is 29.1. The van der Waals surface area contributed by atoms with Gasteiger partial charge in [-0.05, 0) is 72.9 Å². The van der Waals surface area contributed by atoms with E-state index in [1.165, 1.54) is 17.0 Å². The van der Waals surface area contributed by atoms with E-state index in [0.717, 1.165) is 33.0 Å². The molecule has 0 aliphatic carbocycles. The van der Waals surface area contributed by atoms with Crippen molar-refractivity contribution in [1.29, 1.82) is 0 Å². The molecule has 1 atom stereocenters. The first-order valence-corrected chi connectivity index (χ1v) is 16.4. The number of amides is 2. The minimum absolute atomic E-state index is 0.0690. The van der Waals surface area contributed by atoms with Crippen LogP contribution in [0, 0.1) is 13.8 Å². The molecule has 7 nitrogen and oxygen atoms in total. The molecule has 0 heterocycles. The van der Waals surface area contributed by atoms with Crippen molar-refractivity contribution in [3.05, 3.63) is 130 Å². The molecule has 9 heteroatoms. The maximum absolute atomic E-state index is 14.5. The Balaban J connectivity index is 1.81. The predicted molar refractivity (Wildman–Crippen MR) is 176 cm³/mol. The smallest absolute Gasteiger partial charge is 0.264 e. The van der Waals surface area contributed by atoms with Gasteiger partial charge in [-0.2, -0.15) is 0 Å². The number of carbonyl (C=O) groups is 2. The van der Waals surface area contributed by atoms with Crippen LogP contribution in [0.15, 0.2) is 108 Å². The monoisotopic (exact) mass is 631 g/mol. The maximum Gasteiger partial charge on any atom is 0.264 e. The molecular formula is C35H38ClN3O4S. The van der Waals surface area contributed by atoms with Gasteiger partial charge in [0.15, 0.2) is 0 Å². The fourth-order valence-corrected chi connectivity index (χ4v) is 6.56. The number of nitrogens with zero attached hydrogens (tertiary/aromatic N) is 2. The van der Waals surface area contributed by atoms with Crippen LogP contribution in [0.25, 0.3) is 0 Å². The van der Waals surface area contributed by atoms with Crippen LogP contribution in [0.3, 0.4) is 0 Å². The number of benzene rings is 4. The summed E-state index contributed by atoms with van der Waals surface area (Å²) in [7, 11) is -4.15. The van der Waals surface area contributed by atoms with Gasteiger partial charge in [-0.1, -0.05) is 91.3 Å². The maximum atomic E-state index is 14.5. The average Bonchev–Trinajstić information content (AvgIpc) is 3.03. The van der Waals surface area contributed by atoms with Gasteiger partial charge in [0.1, 0.15) is 12.6 Å². The molecule has 4 rings (SSSR count). The molecule has 0 radical (unpaired) electrons. The van der Waals surface area contributed by atoms with Crippen LogP contribution < -0.4 is 9.62 Å². The number of aryl methyl sites for hydroxylation is 1. The standard InChI is InChI=1S/C35H38ClN3O4S/c1-4-22-37-35(41)33(23-28-13-7-5-8-14-28)38(24-29-18-20-30(36)21-19-29)34(40)25-39(32-17-11-12-26(2)27(32)3)44(42,43)31-15-9-6-10-16-31/h5-21,33H,4,22-25H2,1-3H3,(H,37,41)/t33-/m1/s1. The summed E-state index contributed by atoms with van der Waals surface area (Å²) in [5.41, 5.74) is 3.67. The van der Waals surface area contributed by atoms with Crippen molar-refractivity contribution in [2.75, 3.05) is 17.4 Å². The second-order valence-corrected chi connectivity index (χ2v) is 13.0. The Morgan fingerprint density at radius 3 is 2.09 bits per heavy atom. The SMILES string of the molecule is CCCNC(=O)[C@@H](Cc1ccccc1)N(Cc1ccc(Cl)cc1)C(=O)CN(c1cccc(C)c1C)S(=O)(=O)c1ccccc1. The zero-order chi connectivity index (χ0) is 31.7. The van der Waals surface area contributed by atoms with E-state index >= 15 is 0 Å². The van der Waals surface area contributed by atoms with Crippen molar-refractivity contribution in [3.63, 3.8) is 0 Å². The zero-order valence-corrected chi connectivity index (χ0v) is 26.8. The third kappa shape index (κ3) is 8.07. The van der Waals surface area contributed by atoms with Gasteiger partial charge in [-0.15, -0.1) is 0 Å².